The Bertz CT molecular complexity index is 2940. The summed E-state index contributed by atoms with van der Waals surface area (Å²) < 4.78 is 6.62. The van der Waals surface area contributed by atoms with E-state index in [1.807, 2.05) is 6.07 Å². The molecule has 0 bridgehead atoms. The Kier molecular flexibility index (Phi) is 8.13. The second-order valence-electron chi connectivity index (χ2n) is 15.3. The summed E-state index contributed by atoms with van der Waals surface area (Å²) >= 11 is 0. The number of aryl methyl sites for hydroxylation is 1. The molecule has 2 heterocycles. The monoisotopic (exact) mass is 733 g/mol. The van der Waals surface area contributed by atoms with Crippen LogP contribution in [0.15, 0.2) is 202 Å². The topological polar surface area (TPSA) is 49.9 Å². The summed E-state index contributed by atoms with van der Waals surface area (Å²) in [4.78, 5) is 10.8. The first kappa shape index (κ1) is 33.3. The van der Waals surface area contributed by atoms with Gasteiger partial charge in [-0.05, 0) is 87.7 Å². The van der Waals surface area contributed by atoms with Gasteiger partial charge in [-0.25, -0.2) is 9.98 Å². The molecule has 4 nitrogen and oxygen atoms in total. The maximum Gasteiger partial charge on any atom is 0.169 e. The lowest BCUT2D eigenvalue weighted by molar-refractivity contribution is 0.658. The molecule has 1 aliphatic heterocycles. The molecule has 272 valence electrons. The molecule has 0 saturated heterocycles. The largest absolute Gasteiger partial charge is 0.456 e. The fraction of sp³-hybridized carbons (Fsp3) is 0.0943. The fourth-order valence-electron chi connectivity index (χ4n) is 8.74. The van der Waals surface area contributed by atoms with Crippen molar-refractivity contribution >= 4 is 45.3 Å². The van der Waals surface area contributed by atoms with Crippen molar-refractivity contribution in [2.75, 3.05) is 0 Å². The minimum atomic E-state index is -0.510. The number of nitrogens with zero attached hydrogens (tertiary/aromatic N) is 2. The molecule has 0 spiro atoms. The Morgan fingerprint density at radius 1 is 0.544 bits per heavy atom. The third-order valence-corrected chi connectivity index (χ3v) is 11.7. The molecule has 3 atom stereocenters. The number of para-hydroxylation sites is 1. The van der Waals surface area contributed by atoms with E-state index < -0.39 is 6.17 Å². The Hall–Kier alpha value is -7.04. The molecule has 7 aromatic rings. The second kappa shape index (κ2) is 13.9. The van der Waals surface area contributed by atoms with Crippen LogP contribution >= 0.6 is 0 Å². The molecule has 4 aliphatic rings. The molecule has 0 fully saturated rings. The van der Waals surface area contributed by atoms with Gasteiger partial charge in [-0.15, -0.1) is 0 Å². The van der Waals surface area contributed by atoms with E-state index in [-0.39, 0.29) is 11.8 Å². The van der Waals surface area contributed by atoms with E-state index in [0.717, 1.165) is 85.4 Å². The summed E-state index contributed by atoms with van der Waals surface area (Å²) in [5, 5.41) is 5.92. The molecule has 0 radical (unpaired) electrons. The van der Waals surface area contributed by atoms with Gasteiger partial charge in [0.05, 0.1) is 0 Å². The van der Waals surface area contributed by atoms with Gasteiger partial charge in [0.15, 0.2) is 6.17 Å². The zero-order valence-corrected chi connectivity index (χ0v) is 31.3. The van der Waals surface area contributed by atoms with Gasteiger partial charge in [0.2, 0.25) is 0 Å². The van der Waals surface area contributed by atoms with Gasteiger partial charge in [-0.3, -0.25) is 0 Å². The van der Waals surface area contributed by atoms with E-state index in [1.54, 1.807) is 0 Å². The summed E-state index contributed by atoms with van der Waals surface area (Å²) in [5.41, 5.74) is 14.5. The van der Waals surface area contributed by atoms with Crippen LogP contribution in [-0.2, 0) is 6.42 Å². The maximum absolute atomic E-state index is 6.62. The number of amidine groups is 2. The zero-order valence-electron chi connectivity index (χ0n) is 31.3. The van der Waals surface area contributed by atoms with Crippen molar-refractivity contribution in [3.05, 3.63) is 215 Å². The molecule has 0 saturated carbocycles. The normalized spacial score (nSPS) is 19.6. The zero-order chi connectivity index (χ0) is 37.7. The molecule has 4 heteroatoms. The van der Waals surface area contributed by atoms with Crippen molar-refractivity contribution in [3.63, 3.8) is 0 Å². The van der Waals surface area contributed by atoms with Gasteiger partial charge in [0.1, 0.15) is 22.8 Å². The van der Waals surface area contributed by atoms with Crippen molar-refractivity contribution in [1.29, 1.82) is 0 Å². The number of aliphatic imine (C=N–C) groups is 2. The van der Waals surface area contributed by atoms with Crippen LogP contribution in [0.2, 0.25) is 0 Å². The summed E-state index contributed by atoms with van der Waals surface area (Å²) in [5.74, 6) is 2.09. The van der Waals surface area contributed by atoms with Crippen LogP contribution < -0.4 is 5.32 Å². The average molecular weight is 734 g/mol. The Balaban J connectivity index is 1.04. The smallest absolute Gasteiger partial charge is 0.169 e. The van der Waals surface area contributed by atoms with Gasteiger partial charge in [-0.2, -0.15) is 0 Å². The van der Waals surface area contributed by atoms with Crippen molar-refractivity contribution in [3.8, 4) is 22.3 Å². The predicted octanol–water partition coefficient (Wildman–Crippen LogP) is 12.7. The first-order valence-electron chi connectivity index (χ1n) is 19.9. The quantitative estimate of drug-likeness (QED) is 0.185. The van der Waals surface area contributed by atoms with Gasteiger partial charge in [0, 0.05) is 39.3 Å². The van der Waals surface area contributed by atoms with Gasteiger partial charge in [0.25, 0.3) is 0 Å². The fourth-order valence-corrected chi connectivity index (χ4v) is 8.74. The molecular weight excluding hydrogens is 695 g/mol. The van der Waals surface area contributed by atoms with Crippen molar-refractivity contribution < 1.29 is 4.42 Å². The van der Waals surface area contributed by atoms with Crippen LogP contribution in [0, 0.1) is 11.8 Å². The highest BCUT2D eigenvalue weighted by molar-refractivity contribution is 6.17. The van der Waals surface area contributed by atoms with E-state index >= 15 is 0 Å². The summed E-state index contributed by atoms with van der Waals surface area (Å²) in [6.07, 6.45) is 20.0. The standard InChI is InChI=1S/C53H39N3O/c1-3-12-34(13-4-1)38-18-11-19-43(30-38)51-54-52(44-27-25-40-28-39(23-24-41(40)31-44)35-14-5-2-6-15-35)56-53(55-51)45-32-47(42-26-22-36-16-7-8-17-37(36)29-42)50-46-20-9-10-21-48(46)57-49(50)33-45/h1-6,8-15,17-33,40-41,53H,7,16H2,(H,54,55,56). The molecule has 0 amide bonds. The lowest BCUT2D eigenvalue weighted by Crippen LogP contribution is -2.37. The molecule has 57 heavy (non-hydrogen) atoms. The highest BCUT2D eigenvalue weighted by Crippen LogP contribution is 2.42. The van der Waals surface area contributed by atoms with Crippen molar-refractivity contribution in [1.82, 2.24) is 5.32 Å². The van der Waals surface area contributed by atoms with Gasteiger partial charge in [-0.1, -0.05) is 158 Å². The van der Waals surface area contributed by atoms with Crippen LogP contribution in [0.5, 0.6) is 0 Å². The minimum Gasteiger partial charge on any atom is -0.456 e. The van der Waals surface area contributed by atoms with E-state index in [1.165, 1.54) is 22.3 Å². The Labute approximate surface area is 332 Å². The number of hydrogen-bond donors (Lipinski definition) is 1. The SMILES string of the molecule is C1=Cc2cc(-c3cc(C4N=C(C5=CC6C=CC(c7ccccc7)=CC6C=C5)NC(c5cccc(-c6ccccc6)c5)=N4)cc4oc5ccccc5c34)ccc2CC1. The Morgan fingerprint density at radius 2 is 1.26 bits per heavy atom. The second-order valence-corrected chi connectivity index (χ2v) is 15.3. The van der Waals surface area contributed by atoms with Gasteiger partial charge >= 0.3 is 0 Å². The highest BCUT2D eigenvalue weighted by atomic mass is 16.3. The molecule has 3 unspecified atom stereocenters. The lowest BCUT2D eigenvalue weighted by atomic mass is 9.79. The average Bonchev–Trinajstić information content (AvgIpc) is 3.67. The minimum absolute atomic E-state index is 0.223. The van der Waals surface area contributed by atoms with Crippen molar-refractivity contribution in [2.24, 2.45) is 21.8 Å². The van der Waals surface area contributed by atoms with Crippen LogP contribution in [0.1, 0.15) is 40.4 Å². The molecule has 11 rings (SSSR count). The number of hydrogen-bond acceptors (Lipinski definition) is 4. The molecule has 3 aliphatic carbocycles. The number of benzene rings is 6. The highest BCUT2D eigenvalue weighted by Gasteiger charge is 2.27. The van der Waals surface area contributed by atoms with Crippen LogP contribution in [-0.4, -0.2) is 11.7 Å². The van der Waals surface area contributed by atoms with E-state index in [2.05, 4.69) is 187 Å². The molecule has 1 N–H and O–H groups in total. The summed E-state index contributed by atoms with van der Waals surface area (Å²) in [6, 6.07) is 49.4. The summed E-state index contributed by atoms with van der Waals surface area (Å²) in [7, 11) is 0. The third kappa shape index (κ3) is 6.20. The number of rotatable bonds is 6. The lowest BCUT2D eigenvalue weighted by Gasteiger charge is -2.28. The number of allylic oxidation sites excluding steroid dienone is 7. The predicted molar refractivity (Wildman–Crippen MR) is 236 cm³/mol. The Morgan fingerprint density at radius 3 is 2.12 bits per heavy atom. The molecular formula is C53H39N3O. The molecule has 1 aromatic heterocycles. The van der Waals surface area contributed by atoms with E-state index in [4.69, 9.17) is 14.4 Å². The first-order valence-corrected chi connectivity index (χ1v) is 19.9. The summed E-state index contributed by atoms with van der Waals surface area (Å²) in [6.45, 7) is 0. The number of fused-ring (bicyclic) bond motifs is 5. The third-order valence-electron chi connectivity index (χ3n) is 11.7. The van der Waals surface area contributed by atoms with E-state index in [9.17, 15) is 0 Å². The van der Waals surface area contributed by atoms with Crippen LogP contribution in [0.4, 0.5) is 0 Å². The first-order chi connectivity index (χ1) is 28.2. The molecule has 6 aromatic carbocycles. The van der Waals surface area contributed by atoms with Crippen molar-refractivity contribution in [2.45, 2.75) is 19.0 Å². The van der Waals surface area contributed by atoms with Gasteiger partial charge < -0.3 is 9.73 Å². The van der Waals surface area contributed by atoms with Crippen LogP contribution in [0.25, 0.3) is 55.8 Å². The maximum atomic E-state index is 6.62. The number of furan rings is 1. The van der Waals surface area contributed by atoms with Crippen LogP contribution in [0.3, 0.4) is 0 Å². The number of nitrogens with one attached hydrogen (secondary N) is 1. The van der Waals surface area contributed by atoms with E-state index in [0.29, 0.717) is 0 Å².